The first-order valence-corrected chi connectivity index (χ1v) is 8.66. The second-order valence-electron chi connectivity index (χ2n) is 5.73. The monoisotopic (exact) mass is 370 g/mol. The average Bonchev–Trinajstić information content (AvgIpc) is 3.29. The summed E-state index contributed by atoms with van der Waals surface area (Å²) in [6.45, 7) is 4.81. The van der Waals surface area contributed by atoms with Gasteiger partial charge in [-0.15, -0.1) is 0 Å². The summed E-state index contributed by atoms with van der Waals surface area (Å²) in [5.74, 6) is 1.87. The Morgan fingerprint density at radius 2 is 2.15 bits per heavy atom. The van der Waals surface area contributed by atoms with Crippen molar-refractivity contribution in [1.29, 1.82) is 0 Å². The van der Waals surface area contributed by atoms with Gasteiger partial charge in [-0.1, -0.05) is 11.6 Å². The minimum Gasteiger partial charge on any atom is -0.486 e. The summed E-state index contributed by atoms with van der Waals surface area (Å²) in [5.41, 5.74) is 1.51. The molecule has 134 valence electrons. The molecule has 0 fully saturated rings. The highest BCUT2D eigenvalue weighted by atomic mass is 35.5. The molecule has 2 heterocycles. The molecule has 0 aliphatic carbocycles. The number of aryl methyl sites for hydroxylation is 2. The number of ether oxygens (including phenoxy) is 1. The number of allylic oxidation sites excluding steroid dienone is 1. The zero-order chi connectivity index (χ0) is 18.5. The van der Waals surface area contributed by atoms with Crippen LogP contribution in [-0.2, 0) is 13.2 Å². The fourth-order valence-corrected chi connectivity index (χ4v) is 2.58. The smallest absolute Gasteiger partial charge is 0.203 e. The molecule has 0 unspecified atom stereocenters. The molecule has 0 aliphatic rings. The maximum absolute atomic E-state index is 12.2. The number of hydrogen-bond donors (Lipinski definition) is 0. The van der Waals surface area contributed by atoms with Gasteiger partial charge < -0.3 is 9.15 Å². The van der Waals surface area contributed by atoms with Gasteiger partial charge in [0.05, 0.1) is 0 Å². The standard InChI is InChI=1S/C20H19ClN2O3/c1-3-23-19(10-11-22-23)20(24)9-7-15-4-5-17(26-15)13-25-16-6-8-18(21)14(2)12-16/h4-12H,3,13H2,1-2H3/b9-7+. The van der Waals surface area contributed by atoms with E-state index in [-0.39, 0.29) is 5.78 Å². The fourth-order valence-electron chi connectivity index (χ4n) is 2.46. The number of benzene rings is 1. The molecule has 0 atom stereocenters. The Morgan fingerprint density at radius 1 is 1.31 bits per heavy atom. The van der Waals surface area contributed by atoms with E-state index in [0.29, 0.717) is 35.4 Å². The molecule has 2 aromatic heterocycles. The lowest BCUT2D eigenvalue weighted by Crippen LogP contribution is -2.07. The van der Waals surface area contributed by atoms with Crippen LogP contribution in [0.1, 0.15) is 34.5 Å². The van der Waals surface area contributed by atoms with Crippen molar-refractivity contribution < 1.29 is 13.9 Å². The number of furan rings is 1. The van der Waals surface area contributed by atoms with E-state index in [1.807, 2.05) is 32.0 Å². The van der Waals surface area contributed by atoms with Gasteiger partial charge in [0.25, 0.3) is 0 Å². The zero-order valence-electron chi connectivity index (χ0n) is 14.6. The number of carbonyl (C=O) groups is 1. The number of nitrogens with zero attached hydrogens (tertiary/aromatic N) is 2. The van der Waals surface area contributed by atoms with E-state index in [1.54, 1.807) is 35.2 Å². The van der Waals surface area contributed by atoms with Gasteiger partial charge in [-0.2, -0.15) is 5.10 Å². The van der Waals surface area contributed by atoms with Gasteiger partial charge in [-0.05, 0) is 68.0 Å². The second kappa shape index (κ2) is 8.06. The highest BCUT2D eigenvalue weighted by Crippen LogP contribution is 2.22. The van der Waals surface area contributed by atoms with Crippen LogP contribution in [0.4, 0.5) is 0 Å². The summed E-state index contributed by atoms with van der Waals surface area (Å²) in [6.07, 6.45) is 4.74. The molecule has 1 aromatic carbocycles. The van der Waals surface area contributed by atoms with E-state index in [4.69, 9.17) is 20.8 Å². The summed E-state index contributed by atoms with van der Waals surface area (Å²) >= 11 is 6.00. The molecule has 5 nitrogen and oxygen atoms in total. The van der Waals surface area contributed by atoms with Crippen molar-refractivity contribution in [3.05, 3.63) is 76.5 Å². The lowest BCUT2D eigenvalue weighted by Gasteiger charge is -2.05. The Hall–Kier alpha value is -2.79. The van der Waals surface area contributed by atoms with Crippen molar-refractivity contribution in [2.45, 2.75) is 27.0 Å². The first-order chi connectivity index (χ1) is 12.6. The van der Waals surface area contributed by atoms with Crippen LogP contribution in [0, 0.1) is 6.92 Å². The van der Waals surface area contributed by atoms with Crippen molar-refractivity contribution >= 4 is 23.5 Å². The van der Waals surface area contributed by atoms with Crippen LogP contribution in [0.3, 0.4) is 0 Å². The Labute approximate surface area is 156 Å². The largest absolute Gasteiger partial charge is 0.486 e. The van der Waals surface area contributed by atoms with Crippen LogP contribution in [0.25, 0.3) is 6.08 Å². The summed E-state index contributed by atoms with van der Waals surface area (Å²) in [6, 6.07) is 10.8. The molecule has 0 amide bonds. The van der Waals surface area contributed by atoms with Crippen molar-refractivity contribution in [2.24, 2.45) is 0 Å². The number of aromatic nitrogens is 2. The first kappa shape index (κ1) is 18.0. The van der Waals surface area contributed by atoms with Gasteiger partial charge in [0.2, 0.25) is 5.78 Å². The molecule has 0 saturated carbocycles. The number of rotatable bonds is 7. The molecule has 3 aromatic rings. The van der Waals surface area contributed by atoms with E-state index in [0.717, 1.165) is 11.3 Å². The van der Waals surface area contributed by atoms with Crippen LogP contribution in [0.5, 0.6) is 5.75 Å². The molecule has 0 bridgehead atoms. The normalized spacial score (nSPS) is 11.2. The van der Waals surface area contributed by atoms with Gasteiger partial charge in [-0.25, -0.2) is 0 Å². The first-order valence-electron chi connectivity index (χ1n) is 8.28. The highest BCUT2D eigenvalue weighted by Gasteiger charge is 2.08. The predicted octanol–water partition coefficient (Wildman–Crippen LogP) is 4.93. The van der Waals surface area contributed by atoms with Gasteiger partial charge in [0.1, 0.15) is 29.6 Å². The molecular formula is C20H19ClN2O3. The quantitative estimate of drug-likeness (QED) is 0.437. The Balaban J connectivity index is 1.60. The Morgan fingerprint density at radius 3 is 2.92 bits per heavy atom. The van der Waals surface area contributed by atoms with Crippen molar-refractivity contribution in [2.75, 3.05) is 0 Å². The lowest BCUT2D eigenvalue weighted by atomic mass is 10.2. The summed E-state index contributed by atoms with van der Waals surface area (Å²) in [5, 5.41) is 4.80. The second-order valence-corrected chi connectivity index (χ2v) is 6.14. The molecule has 0 N–H and O–H groups in total. The van der Waals surface area contributed by atoms with Crippen molar-refractivity contribution in [3.8, 4) is 5.75 Å². The van der Waals surface area contributed by atoms with Crippen molar-refractivity contribution in [3.63, 3.8) is 0 Å². The van der Waals surface area contributed by atoms with Crippen LogP contribution in [0.2, 0.25) is 5.02 Å². The topological polar surface area (TPSA) is 57.3 Å². The third-order valence-electron chi connectivity index (χ3n) is 3.86. The molecule has 3 rings (SSSR count). The third-order valence-corrected chi connectivity index (χ3v) is 4.28. The molecule has 0 saturated heterocycles. The molecule has 6 heteroatoms. The van der Waals surface area contributed by atoms with Crippen LogP contribution >= 0.6 is 11.6 Å². The predicted molar refractivity (Wildman–Crippen MR) is 100 cm³/mol. The Bertz CT molecular complexity index is 940. The van der Waals surface area contributed by atoms with E-state index < -0.39 is 0 Å². The summed E-state index contributed by atoms with van der Waals surface area (Å²) < 4.78 is 13.0. The Kier molecular flexibility index (Phi) is 5.58. The number of carbonyl (C=O) groups excluding carboxylic acids is 1. The lowest BCUT2D eigenvalue weighted by molar-refractivity contribution is 0.103. The fraction of sp³-hybridized carbons (Fsp3) is 0.200. The molecule has 0 aliphatic heterocycles. The van der Waals surface area contributed by atoms with E-state index >= 15 is 0 Å². The van der Waals surface area contributed by atoms with Gasteiger partial charge in [-0.3, -0.25) is 9.48 Å². The minimum atomic E-state index is -0.116. The summed E-state index contributed by atoms with van der Waals surface area (Å²) in [7, 11) is 0. The van der Waals surface area contributed by atoms with Gasteiger partial charge >= 0.3 is 0 Å². The summed E-state index contributed by atoms with van der Waals surface area (Å²) in [4.78, 5) is 12.2. The van der Waals surface area contributed by atoms with E-state index in [1.165, 1.54) is 6.08 Å². The minimum absolute atomic E-state index is 0.116. The number of ketones is 1. The highest BCUT2D eigenvalue weighted by molar-refractivity contribution is 6.31. The number of hydrogen-bond acceptors (Lipinski definition) is 4. The van der Waals surface area contributed by atoms with E-state index in [9.17, 15) is 4.79 Å². The average molecular weight is 371 g/mol. The van der Waals surface area contributed by atoms with Crippen LogP contribution in [-0.4, -0.2) is 15.6 Å². The maximum atomic E-state index is 12.2. The SMILES string of the molecule is CCn1nccc1C(=O)/C=C/c1ccc(COc2ccc(Cl)c(C)c2)o1. The van der Waals surface area contributed by atoms with Crippen LogP contribution in [0.15, 0.2) is 53.1 Å². The zero-order valence-corrected chi connectivity index (χ0v) is 15.4. The molecule has 26 heavy (non-hydrogen) atoms. The molecule has 0 radical (unpaired) electrons. The van der Waals surface area contributed by atoms with Crippen LogP contribution < -0.4 is 4.74 Å². The van der Waals surface area contributed by atoms with Gasteiger partial charge in [0.15, 0.2) is 0 Å². The number of halogens is 1. The van der Waals surface area contributed by atoms with Gasteiger partial charge in [0, 0.05) is 17.8 Å². The van der Waals surface area contributed by atoms with Crippen molar-refractivity contribution in [1.82, 2.24) is 9.78 Å². The van der Waals surface area contributed by atoms with E-state index in [2.05, 4.69) is 5.10 Å². The maximum Gasteiger partial charge on any atom is 0.203 e. The third kappa shape index (κ3) is 4.24. The molecule has 0 spiro atoms. The molecular weight excluding hydrogens is 352 g/mol.